The molecule has 0 saturated carbocycles. The Bertz CT molecular complexity index is 512. The van der Waals surface area contributed by atoms with Gasteiger partial charge in [0.05, 0.1) is 0 Å². The number of halogens is 2. The van der Waals surface area contributed by atoms with Crippen LogP contribution in [0.5, 0.6) is 0 Å². The average molecular weight is 478 g/mol. The van der Waals surface area contributed by atoms with E-state index in [1.807, 2.05) is 0 Å². The maximum absolute atomic E-state index is 2.68. The summed E-state index contributed by atoms with van der Waals surface area (Å²) in [7, 11) is 0. The Balaban J connectivity index is 2.15. The standard InChI is InChI=1S/C17H20I2/c1-13(2)12-15-6-10-17(11-7-15)19(18)16-8-4-14(3)5-9-16/h4-11,13H,12H2,1-3H3. The Hall–Kier alpha value is -0.100. The number of hydrogen-bond donors (Lipinski definition) is 0. The van der Waals surface area contributed by atoms with Crippen LogP contribution >= 0.6 is 34.5 Å². The van der Waals surface area contributed by atoms with E-state index in [-0.39, 0.29) is 0 Å². The summed E-state index contributed by atoms with van der Waals surface area (Å²) >= 11 is 1.47. The number of rotatable bonds is 4. The molecule has 19 heavy (non-hydrogen) atoms. The Kier molecular flexibility index (Phi) is 5.69. The van der Waals surface area contributed by atoms with Crippen LogP contribution in [0.4, 0.5) is 0 Å². The van der Waals surface area contributed by atoms with Gasteiger partial charge in [-0.3, -0.25) is 0 Å². The molecule has 0 N–H and O–H groups in total. The predicted molar refractivity (Wildman–Crippen MR) is 102 cm³/mol. The molecule has 0 aliphatic rings. The van der Waals surface area contributed by atoms with E-state index in [9.17, 15) is 0 Å². The van der Waals surface area contributed by atoms with Gasteiger partial charge in [-0.05, 0) is 0 Å². The van der Waals surface area contributed by atoms with E-state index in [1.165, 1.54) is 21.1 Å². The van der Waals surface area contributed by atoms with E-state index in [1.54, 1.807) is 3.57 Å². The second-order valence-electron chi connectivity index (χ2n) is 5.26. The van der Waals surface area contributed by atoms with Crippen LogP contribution in [-0.2, 0) is 6.42 Å². The van der Waals surface area contributed by atoms with Crippen LogP contribution in [0.3, 0.4) is 0 Å². The molecule has 2 aromatic rings. The SMILES string of the molecule is Cc1ccc(I(I)c2ccc(CC(C)C)cc2)cc1. The topological polar surface area (TPSA) is 0 Å². The van der Waals surface area contributed by atoms with Crippen LogP contribution in [0.15, 0.2) is 48.5 Å². The van der Waals surface area contributed by atoms with E-state index >= 15 is 0 Å². The number of benzene rings is 2. The number of aryl methyl sites for hydroxylation is 1. The van der Waals surface area contributed by atoms with Gasteiger partial charge in [-0.15, -0.1) is 0 Å². The fourth-order valence-electron chi connectivity index (χ4n) is 1.97. The van der Waals surface area contributed by atoms with E-state index in [0.717, 1.165) is 5.92 Å². The molecule has 0 aliphatic carbocycles. The Labute approximate surface area is 133 Å². The molecule has 0 radical (unpaired) electrons. The molecule has 2 aromatic carbocycles. The van der Waals surface area contributed by atoms with Crippen LogP contribution in [0, 0.1) is 20.0 Å². The summed E-state index contributed by atoms with van der Waals surface area (Å²) in [5.74, 6) is 0.733. The third-order valence-electron chi connectivity index (χ3n) is 2.95. The van der Waals surface area contributed by atoms with Crippen molar-refractivity contribution in [3.8, 4) is 0 Å². The third-order valence-corrected chi connectivity index (χ3v) is 12.9. The molecule has 0 heterocycles. The summed E-state index contributed by atoms with van der Waals surface area (Å²) in [4.78, 5) is 0. The fraction of sp³-hybridized carbons (Fsp3) is 0.294. The third kappa shape index (κ3) is 4.45. The van der Waals surface area contributed by atoms with Gasteiger partial charge in [-0.25, -0.2) is 0 Å². The quantitative estimate of drug-likeness (QED) is 0.467. The molecule has 102 valence electrons. The Morgan fingerprint density at radius 3 is 1.84 bits per heavy atom. The fourth-order valence-corrected chi connectivity index (χ4v) is 8.32. The second-order valence-corrected chi connectivity index (χ2v) is 14.6. The zero-order valence-electron chi connectivity index (χ0n) is 11.7. The summed E-state index contributed by atoms with van der Waals surface area (Å²) in [5.41, 5.74) is 2.81. The molecule has 0 fully saturated rings. The zero-order valence-corrected chi connectivity index (χ0v) is 16.0. The van der Waals surface area contributed by atoms with Gasteiger partial charge in [0.2, 0.25) is 0 Å². The van der Waals surface area contributed by atoms with E-state index in [2.05, 4.69) is 87.9 Å². The molecule has 0 atom stereocenters. The van der Waals surface area contributed by atoms with Crippen LogP contribution in [-0.4, -0.2) is 0 Å². The van der Waals surface area contributed by atoms with Gasteiger partial charge in [0.1, 0.15) is 0 Å². The van der Waals surface area contributed by atoms with E-state index < -0.39 is 15.8 Å². The van der Waals surface area contributed by atoms with Gasteiger partial charge in [-0.2, -0.15) is 0 Å². The Morgan fingerprint density at radius 2 is 1.37 bits per heavy atom. The van der Waals surface area contributed by atoms with Crippen molar-refractivity contribution in [2.45, 2.75) is 27.2 Å². The monoisotopic (exact) mass is 478 g/mol. The first-order valence-electron chi connectivity index (χ1n) is 6.58. The second kappa shape index (κ2) is 7.07. The zero-order chi connectivity index (χ0) is 13.8. The first-order valence-corrected chi connectivity index (χ1v) is 15.0. The van der Waals surface area contributed by atoms with Crippen molar-refractivity contribution in [2.75, 3.05) is 0 Å². The van der Waals surface area contributed by atoms with Crippen molar-refractivity contribution < 1.29 is 0 Å². The average Bonchev–Trinajstić information content (AvgIpc) is 2.39. The maximum atomic E-state index is 2.68. The molecule has 0 spiro atoms. The van der Waals surface area contributed by atoms with Gasteiger partial charge in [0.25, 0.3) is 0 Å². The van der Waals surface area contributed by atoms with Crippen molar-refractivity contribution in [3.63, 3.8) is 0 Å². The molecule has 0 aromatic heterocycles. The number of hydrogen-bond acceptors (Lipinski definition) is 0. The molecule has 0 bridgehead atoms. The minimum absolute atomic E-state index is 0.733. The van der Waals surface area contributed by atoms with Crippen LogP contribution in [0.2, 0.25) is 0 Å². The molecule has 0 unspecified atom stereocenters. The van der Waals surface area contributed by atoms with Gasteiger partial charge in [-0.1, -0.05) is 0 Å². The summed E-state index contributed by atoms with van der Waals surface area (Å²) < 4.78 is 3.08. The van der Waals surface area contributed by atoms with Crippen LogP contribution < -0.4 is 0 Å². The van der Waals surface area contributed by atoms with Crippen molar-refractivity contribution in [2.24, 2.45) is 5.92 Å². The Morgan fingerprint density at radius 1 is 0.895 bits per heavy atom. The van der Waals surface area contributed by atoms with E-state index in [0.29, 0.717) is 0 Å². The molecule has 2 heteroatoms. The van der Waals surface area contributed by atoms with Crippen molar-refractivity contribution >= 4 is 34.5 Å². The molecular weight excluding hydrogens is 458 g/mol. The van der Waals surface area contributed by atoms with E-state index in [4.69, 9.17) is 0 Å². The molecule has 2 rings (SSSR count). The summed E-state index contributed by atoms with van der Waals surface area (Å²) in [6.07, 6.45) is 1.18. The van der Waals surface area contributed by atoms with Gasteiger partial charge in [0.15, 0.2) is 0 Å². The van der Waals surface area contributed by atoms with Crippen molar-refractivity contribution in [1.82, 2.24) is 0 Å². The van der Waals surface area contributed by atoms with Gasteiger partial charge >= 0.3 is 134 Å². The molecule has 0 aliphatic heterocycles. The van der Waals surface area contributed by atoms with Crippen molar-refractivity contribution in [3.05, 3.63) is 66.8 Å². The van der Waals surface area contributed by atoms with Crippen LogP contribution in [0.25, 0.3) is 0 Å². The van der Waals surface area contributed by atoms with Gasteiger partial charge in [0, 0.05) is 0 Å². The minimum atomic E-state index is -1.21. The normalized spacial score (nSPS) is 11.7. The first kappa shape index (κ1) is 15.3. The summed E-state index contributed by atoms with van der Waals surface area (Å²) in [6, 6.07) is 18.4. The van der Waals surface area contributed by atoms with Crippen LogP contribution in [0.1, 0.15) is 25.0 Å². The predicted octanol–water partition coefficient (Wildman–Crippen LogP) is 6.09. The molecular formula is C17H20I2. The molecule has 0 amide bonds. The first-order chi connectivity index (χ1) is 9.06. The summed E-state index contributed by atoms with van der Waals surface area (Å²) in [6.45, 7) is 6.70. The molecule has 0 nitrogen and oxygen atoms in total. The van der Waals surface area contributed by atoms with Gasteiger partial charge < -0.3 is 0 Å². The molecule has 0 saturated heterocycles. The summed E-state index contributed by atoms with van der Waals surface area (Å²) in [5, 5.41) is 0. The van der Waals surface area contributed by atoms with Crippen molar-refractivity contribution in [1.29, 1.82) is 0 Å².